The lowest BCUT2D eigenvalue weighted by Crippen LogP contribution is -2.22. The van der Waals surface area contributed by atoms with Gasteiger partial charge in [0.1, 0.15) is 0 Å². The van der Waals surface area contributed by atoms with E-state index in [1.54, 1.807) is 0 Å². The Kier molecular flexibility index (Phi) is 4.16. The number of hydrogen-bond donors (Lipinski definition) is 0. The van der Waals surface area contributed by atoms with Crippen molar-refractivity contribution in [3.05, 3.63) is 35.9 Å². The number of rotatable bonds is 3. The number of benzene rings is 1. The lowest BCUT2D eigenvalue weighted by molar-refractivity contribution is 0.0876. The van der Waals surface area contributed by atoms with E-state index in [1.165, 1.54) is 12.8 Å². The second kappa shape index (κ2) is 5.62. The highest BCUT2D eigenvalue weighted by Crippen LogP contribution is 2.31. The quantitative estimate of drug-likeness (QED) is 0.603. The average Bonchev–Trinajstić information content (AvgIpc) is 2.39. The molecule has 0 radical (unpaired) electrons. The van der Waals surface area contributed by atoms with Crippen molar-refractivity contribution in [3.63, 3.8) is 0 Å². The Morgan fingerprint density at radius 3 is 2.31 bits per heavy atom. The summed E-state index contributed by atoms with van der Waals surface area (Å²) in [6, 6.07) is 9.70. The van der Waals surface area contributed by atoms with Gasteiger partial charge in [0.05, 0.1) is 0 Å². The Labute approximate surface area is 105 Å². The molecule has 0 saturated heterocycles. The third kappa shape index (κ3) is 2.73. The summed E-state index contributed by atoms with van der Waals surface area (Å²) in [5, 5.41) is 1.08. The Balaban J connectivity index is 1.97. The normalized spacial score (nSPS) is 25.3. The minimum absolute atomic E-state index is 0.262. The topological polar surface area (TPSA) is 17.1 Å². The summed E-state index contributed by atoms with van der Waals surface area (Å²) in [6.07, 6.45) is 4.50. The first-order valence-electron chi connectivity index (χ1n) is 5.96. The van der Waals surface area contributed by atoms with Crippen LogP contribution in [0.1, 0.15) is 36.0 Å². The Morgan fingerprint density at radius 1 is 1.12 bits per heavy atom. The first-order valence-corrected chi connectivity index (χ1v) is 7.08. The number of carbonyl (C=O) groups is 1. The van der Waals surface area contributed by atoms with E-state index >= 15 is 0 Å². The fraction of sp³-hybridized carbons (Fsp3) is 0.500. The van der Waals surface area contributed by atoms with E-state index in [0.29, 0.717) is 5.78 Å². The van der Waals surface area contributed by atoms with E-state index in [1.807, 2.05) is 30.3 Å². The van der Waals surface area contributed by atoms with Crippen LogP contribution in [0.4, 0.5) is 0 Å². The number of alkyl halides is 1. The van der Waals surface area contributed by atoms with Crippen LogP contribution in [0.2, 0.25) is 0 Å². The van der Waals surface area contributed by atoms with Crippen LogP contribution in [-0.2, 0) is 0 Å². The molecule has 86 valence electrons. The lowest BCUT2D eigenvalue weighted by Gasteiger charge is -2.26. The maximum Gasteiger partial charge on any atom is 0.165 e. The number of carbonyl (C=O) groups excluding carboxylic acids is 1. The predicted octanol–water partition coefficient (Wildman–Crippen LogP) is 4.07. The molecule has 1 saturated carbocycles. The Hall–Kier alpha value is -0.630. The van der Waals surface area contributed by atoms with Crippen LogP contribution >= 0.6 is 15.9 Å². The van der Waals surface area contributed by atoms with Crippen molar-refractivity contribution in [1.29, 1.82) is 0 Å². The van der Waals surface area contributed by atoms with Gasteiger partial charge in [-0.3, -0.25) is 4.79 Å². The van der Waals surface area contributed by atoms with Gasteiger partial charge in [0.25, 0.3) is 0 Å². The lowest BCUT2D eigenvalue weighted by atomic mass is 9.79. The van der Waals surface area contributed by atoms with Gasteiger partial charge >= 0.3 is 0 Å². The summed E-state index contributed by atoms with van der Waals surface area (Å²) < 4.78 is 0. The maximum atomic E-state index is 12.2. The molecule has 16 heavy (non-hydrogen) atoms. The van der Waals surface area contributed by atoms with E-state index in [2.05, 4.69) is 15.9 Å². The molecule has 1 aliphatic rings. The second-order valence-corrected chi connectivity index (χ2v) is 5.25. The zero-order chi connectivity index (χ0) is 11.4. The van der Waals surface area contributed by atoms with Crippen molar-refractivity contribution in [2.24, 2.45) is 11.8 Å². The molecule has 0 unspecified atom stereocenters. The highest BCUT2D eigenvalue weighted by molar-refractivity contribution is 9.09. The minimum Gasteiger partial charge on any atom is -0.294 e. The zero-order valence-electron chi connectivity index (χ0n) is 9.36. The first-order chi connectivity index (χ1) is 7.81. The van der Waals surface area contributed by atoms with Gasteiger partial charge < -0.3 is 0 Å². The Bertz CT molecular complexity index is 339. The zero-order valence-corrected chi connectivity index (χ0v) is 10.9. The van der Waals surface area contributed by atoms with Crippen LogP contribution in [-0.4, -0.2) is 11.1 Å². The predicted molar refractivity (Wildman–Crippen MR) is 70.0 cm³/mol. The second-order valence-electron chi connectivity index (χ2n) is 4.60. The molecular weight excluding hydrogens is 264 g/mol. The van der Waals surface area contributed by atoms with Crippen molar-refractivity contribution in [2.45, 2.75) is 25.7 Å². The molecule has 0 bridgehead atoms. The third-order valence-electron chi connectivity index (χ3n) is 3.49. The van der Waals surface area contributed by atoms with Gasteiger partial charge in [-0.25, -0.2) is 0 Å². The summed E-state index contributed by atoms with van der Waals surface area (Å²) >= 11 is 3.53. The van der Waals surface area contributed by atoms with Gasteiger partial charge in [0, 0.05) is 16.8 Å². The van der Waals surface area contributed by atoms with Crippen molar-refractivity contribution in [3.8, 4) is 0 Å². The van der Waals surface area contributed by atoms with Gasteiger partial charge in [0.2, 0.25) is 0 Å². The van der Waals surface area contributed by atoms with Crippen LogP contribution in [0.25, 0.3) is 0 Å². The van der Waals surface area contributed by atoms with Crippen LogP contribution in [0, 0.1) is 11.8 Å². The first kappa shape index (κ1) is 11.8. The summed E-state index contributed by atoms with van der Waals surface area (Å²) in [6.45, 7) is 0. The number of ketones is 1. The molecule has 0 heterocycles. The molecule has 2 heteroatoms. The molecule has 0 spiro atoms. The minimum atomic E-state index is 0.262. The SMILES string of the molecule is O=C(c1ccccc1)C1CCC(CBr)CC1. The number of halogens is 1. The van der Waals surface area contributed by atoms with Gasteiger partial charge in [0.15, 0.2) is 5.78 Å². The molecule has 0 atom stereocenters. The number of Topliss-reactive ketones (excluding diaryl/α,β-unsaturated/α-hetero) is 1. The molecule has 1 aromatic carbocycles. The van der Waals surface area contributed by atoms with Crippen molar-refractivity contribution in [2.75, 3.05) is 5.33 Å². The molecule has 1 aromatic rings. The fourth-order valence-corrected chi connectivity index (χ4v) is 3.06. The molecule has 0 aliphatic heterocycles. The molecule has 2 rings (SSSR count). The van der Waals surface area contributed by atoms with E-state index in [4.69, 9.17) is 0 Å². The van der Waals surface area contributed by atoms with Crippen LogP contribution in [0.5, 0.6) is 0 Å². The molecule has 1 aliphatic carbocycles. The fourth-order valence-electron chi connectivity index (χ4n) is 2.42. The number of hydrogen-bond acceptors (Lipinski definition) is 1. The van der Waals surface area contributed by atoms with Gasteiger partial charge in [-0.2, -0.15) is 0 Å². The van der Waals surface area contributed by atoms with Crippen LogP contribution in [0.3, 0.4) is 0 Å². The standard InChI is InChI=1S/C14H17BrO/c15-10-11-6-8-13(9-7-11)14(16)12-4-2-1-3-5-12/h1-5,11,13H,6-10H2. The van der Waals surface area contributed by atoms with Crippen LogP contribution < -0.4 is 0 Å². The van der Waals surface area contributed by atoms with Crippen LogP contribution in [0.15, 0.2) is 30.3 Å². The molecule has 1 nitrogen and oxygen atoms in total. The van der Waals surface area contributed by atoms with Crippen molar-refractivity contribution < 1.29 is 4.79 Å². The highest BCUT2D eigenvalue weighted by atomic mass is 79.9. The molecule has 0 aromatic heterocycles. The van der Waals surface area contributed by atoms with Gasteiger partial charge in [-0.05, 0) is 31.6 Å². The highest BCUT2D eigenvalue weighted by Gasteiger charge is 2.26. The summed E-state index contributed by atoms with van der Waals surface area (Å²) in [5.74, 6) is 1.38. The van der Waals surface area contributed by atoms with E-state index in [9.17, 15) is 4.79 Å². The largest absolute Gasteiger partial charge is 0.294 e. The molecule has 1 fully saturated rings. The maximum absolute atomic E-state index is 12.2. The summed E-state index contributed by atoms with van der Waals surface area (Å²) in [4.78, 5) is 12.2. The van der Waals surface area contributed by atoms with Crippen molar-refractivity contribution in [1.82, 2.24) is 0 Å². The van der Waals surface area contributed by atoms with E-state index < -0.39 is 0 Å². The Morgan fingerprint density at radius 2 is 1.75 bits per heavy atom. The molecule has 0 N–H and O–H groups in total. The van der Waals surface area contributed by atoms with Gasteiger partial charge in [-0.15, -0.1) is 0 Å². The van der Waals surface area contributed by atoms with Crippen molar-refractivity contribution >= 4 is 21.7 Å². The average molecular weight is 281 g/mol. The smallest absolute Gasteiger partial charge is 0.165 e. The molecule has 0 amide bonds. The van der Waals surface area contributed by atoms with E-state index in [-0.39, 0.29) is 5.92 Å². The summed E-state index contributed by atoms with van der Waals surface area (Å²) in [5.41, 5.74) is 0.879. The summed E-state index contributed by atoms with van der Waals surface area (Å²) in [7, 11) is 0. The molecular formula is C14H17BrO. The third-order valence-corrected chi connectivity index (χ3v) is 4.41. The monoisotopic (exact) mass is 280 g/mol. The van der Waals surface area contributed by atoms with Gasteiger partial charge in [-0.1, -0.05) is 46.3 Å². The van der Waals surface area contributed by atoms with E-state index in [0.717, 1.165) is 29.7 Å².